The van der Waals surface area contributed by atoms with E-state index >= 15 is 0 Å². The molecule has 2 aromatic heterocycles. The number of amides is 2. The van der Waals surface area contributed by atoms with Crippen molar-refractivity contribution in [2.24, 2.45) is 7.05 Å². The van der Waals surface area contributed by atoms with Gasteiger partial charge in [0.1, 0.15) is 11.4 Å². The van der Waals surface area contributed by atoms with Crippen molar-refractivity contribution in [2.45, 2.75) is 33.4 Å². The number of nitrogens with one attached hydrogen (secondary N) is 1. The number of aryl methyl sites for hydroxylation is 1. The normalized spacial score (nSPS) is 10.9. The molecule has 0 aliphatic heterocycles. The number of carbonyl (C=O) groups excluding carboxylic acids is 1. The Morgan fingerprint density at radius 1 is 1.11 bits per heavy atom. The number of ether oxygens (including phenoxy) is 1. The Labute approximate surface area is 210 Å². The van der Waals surface area contributed by atoms with Crippen LogP contribution in [0.5, 0.6) is 5.75 Å². The molecule has 0 aliphatic carbocycles. The summed E-state index contributed by atoms with van der Waals surface area (Å²) in [4.78, 5) is 32.6. The molecular weight excluding hydrogens is 456 g/mol. The lowest BCUT2D eigenvalue weighted by atomic mass is 10.2. The second kappa shape index (κ2) is 11.4. The van der Waals surface area contributed by atoms with Crippen LogP contribution in [0.4, 0.5) is 10.5 Å². The Morgan fingerprint density at radius 3 is 2.58 bits per heavy atom. The Balaban J connectivity index is 1.58. The van der Waals surface area contributed by atoms with E-state index in [0.29, 0.717) is 25.4 Å². The SMILES string of the molecule is CCOc1ccccc1CN(CCCn1ccnc1)C(=O)Nc1c(C)n(C)n(-c2ccccc2)c1=O. The minimum Gasteiger partial charge on any atom is -0.494 e. The lowest BCUT2D eigenvalue weighted by Crippen LogP contribution is -2.37. The fraction of sp³-hybridized carbons (Fsp3) is 0.296. The molecule has 2 amide bonds. The molecule has 4 rings (SSSR count). The summed E-state index contributed by atoms with van der Waals surface area (Å²) < 4.78 is 11.1. The number of hydrogen-bond donors (Lipinski definition) is 1. The number of para-hydroxylation sites is 2. The number of aromatic nitrogens is 4. The molecule has 9 heteroatoms. The van der Waals surface area contributed by atoms with Crippen molar-refractivity contribution >= 4 is 11.7 Å². The number of anilines is 1. The number of hydrogen-bond acceptors (Lipinski definition) is 4. The molecule has 9 nitrogen and oxygen atoms in total. The third-order valence-corrected chi connectivity index (χ3v) is 6.11. The van der Waals surface area contributed by atoms with Crippen molar-refractivity contribution in [2.75, 3.05) is 18.5 Å². The third kappa shape index (κ3) is 5.51. The van der Waals surface area contributed by atoms with E-state index in [2.05, 4.69) is 10.3 Å². The van der Waals surface area contributed by atoms with Crippen LogP contribution in [0.1, 0.15) is 24.6 Å². The van der Waals surface area contributed by atoms with Gasteiger partial charge in [0.05, 0.1) is 30.9 Å². The summed E-state index contributed by atoms with van der Waals surface area (Å²) in [6.45, 7) is 5.86. The van der Waals surface area contributed by atoms with E-state index in [0.717, 1.165) is 30.0 Å². The predicted octanol–water partition coefficient (Wildman–Crippen LogP) is 4.20. The minimum absolute atomic E-state index is 0.268. The highest BCUT2D eigenvalue weighted by molar-refractivity contribution is 5.89. The van der Waals surface area contributed by atoms with Gasteiger partial charge in [-0.2, -0.15) is 0 Å². The van der Waals surface area contributed by atoms with Crippen molar-refractivity contribution in [1.29, 1.82) is 0 Å². The van der Waals surface area contributed by atoms with Gasteiger partial charge in [0.25, 0.3) is 5.56 Å². The van der Waals surface area contributed by atoms with E-state index in [1.807, 2.05) is 79.2 Å². The van der Waals surface area contributed by atoms with Crippen molar-refractivity contribution in [3.8, 4) is 11.4 Å². The van der Waals surface area contributed by atoms with Crippen LogP contribution < -0.4 is 15.6 Å². The summed E-state index contributed by atoms with van der Waals surface area (Å²) in [7, 11) is 1.81. The maximum absolute atomic E-state index is 13.5. The van der Waals surface area contributed by atoms with Crippen LogP contribution in [0.15, 0.2) is 78.1 Å². The molecular formula is C27H32N6O3. The average Bonchev–Trinajstić information content (AvgIpc) is 3.48. The Bertz CT molecular complexity index is 1340. The van der Waals surface area contributed by atoms with Crippen LogP contribution in [-0.2, 0) is 20.1 Å². The molecule has 1 N–H and O–H groups in total. The topological polar surface area (TPSA) is 86.3 Å². The summed E-state index contributed by atoms with van der Waals surface area (Å²) in [6.07, 6.45) is 6.11. The van der Waals surface area contributed by atoms with Crippen LogP contribution >= 0.6 is 0 Å². The third-order valence-electron chi connectivity index (χ3n) is 6.11. The summed E-state index contributed by atoms with van der Waals surface area (Å²) >= 11 is 0. The van der Waals surface area contributed by atoms with Gasteiger partial charge in [0.15, 0.2) is 0 Å². The van der Waals surface area contributed by atoms with Gasteiger partial charge in [0.2, 0.25) is 0 Å². The zero-order valence-corrected chi connectivity index (χ0v) is 20.9. The molecule has 0 aliphatic rings. The van der Waals surface area contributed by atoms with Crippen molar-refractivity contribution < 1.29 is 9.53 Å². The minimum atomic E-state index is -0.335. The second-order valence-corrected chi connectivity index (χ2v) is 8.48. The largest absolute Gasteiger partial charge is 0.494 e. The zero-order valence-electron chi connectivity index (χ0n) is 20.9. The molecule has 0 atom stereocenters. The van der Waals surface area contributed by atoms with Gasteiger partial charge in [0, 0.05) is 38.1 Å². The molecule has 0 saturated heterocycles. The summed E-state index contributed by atoms with van der Waals surface area (Å²) in [5, 5.41) is 2.90. The molecule has 0 saturated carbocycles. The van der Waals surface area contributed by atoms with E-state index < -0.39 is 0 Å². The molecule has 0 fully saturated rings. The van der Waals surface area contributed by atoms with Gasteiger partial charge in [-0.15, -0.1) is 0 Å². The van der Waals surface area contributed by atoms with Gasteiger partial charge in [-0.05, 0) is 38.5 Å². The van der Waals surface area contributed by atoms with E-state index in [-0.39, 0.29) is 17.3 Å². The molecule has 36 heavy (non-hydrogen) atoms. The number of imidazole rings is 1. The highest BCUT2D eigenvalue weighted by Gasteiger charge is 2.22. The lowest BCUT2D eigenvalue weighted by molar-refractivity contribution is 0.206. The molecule has 0 spiro atoms. The van der Waals surface area contributed by atoms with E-state index in [9.17, 15) is 9.59 Å². The number of nitrogens with zero attached hydrogens (tertiary/aromatic N) is 5. The van der Waals surface area contributed by atoms with Crippen LogP contribution in [0.3, 0.4) is 0 Å². The molecule has 0 bridgehead atoms. The van der Waals surface area contributed by atoms with Crippen LogP contribution in [0, 0.1) is 6.92 Å². The van der Waals surface area contributed by atoms with E-state index in [1.54, 1.807) is 33.8 Å². The first kappa shape index (κ1) is 24.8. The molecule has 4 aromatic rings. The van der Waals surface area contributed by atoms with Crippen LogP contribution in [0.2, 0.25) is 0 Å². The number of rotatable bonds is 10. The van der Waals surface area contributed by atoms with Gasteiger partial charge >= 0.3 is 6.03 Å². The molecule has 0 radical (unpaired) electrons. The number of carbonyl (C=O) groups is 1. The summed E-state index contributed by atoms with van der Waals surface area (Å²) in [6, 6.07) is 16.7. The highest BCUT2D eigenvalue weighted by atomic mass is 16.5. The summed E-state index contributed by atoms with van der Waals surface area (Å²) in [5.41, 5.74) is 2.30. The first-order valence-corrected chi connectivity index (χ1v) is 12.1. The Hall–Kier alpha value is -4.27. The molecule has 0 unspecified atom stereocenters. The number of urea groups is 1. The van der Waals surface area contributed by atoms with Crippen LogP contribution in [0.25, 0.3) is 5.69 Å². The van der Waals surface area contributed by atoms with E-state index in [1.165, 1.54) is 0 Å². The zero-order chi connectivity index (χ0) is 25.5. The maximum Gasteiger partial charge on any atom is 0.322 e. The van der Waals surface area contributed by atoms with Gasteiger partial charge in [-0.3, -0.25) is 9.48 Å². The molecule has 2 aromatic carbocycles. The lowest BCUT2D eigenvalue weighted by Gasteiger charge is -2.24. The summed E-state index contributed by atoms with van der Waals surface area (Å²) in [5.74, 6) is 0.745. The van der Waals surface area contributed by atoms with Gasteiger partial charge in [-0.1, -0.05) is 36.4 Å². The Kier molecular flexibility index (Phi) is 7.89. The predicted molar refractivity (Wildman–Crippen MR) is 140 cm³/mol. The standard InChI is InChI=1S/C27H32N6O3/c1-4-36-24-14-9-8-11-22(24)19-32(17-10-16-31-18-15-28-20-31)27(35)29-25-21(2)30(3)33(26(25)34)23-12-6-5-7-13-23/h5-9,11-15,18,20H,4,10,16-17,19H2,1-3H3,(H,29,35). The quantitative estimate of drug-likeness (QED) is 0.362. The first-order chi connectivity index (χ1) is 17.5. The second-order valence-electron chi connectivity index (χ2n) is 8.48. The van der Waals surface area contributed by atoms with E-state index in [4.69, 9.17) is 4.74 Å². The highest BCUT2D eigenvalue weighted by Crippen LogP contribution is 2.21. The monoisotopic (exact) mass is 488 g/mol. The van der Waals surface area contributed by atoms with Crippen molar-refractivity contribution in [1.82, 2.24) is 23.8 Å². The average molecular weight is 489 g/mol. The fourth-order valence-electron chi connectivity index (χ4n) is 4.15. The molecule has 188 valence electrons. The first-order valence-electron chi connectivity index (χ1n) is 12.1. The smallest absolute Gasteiger partial charge is 0.322 e. The molecule has 2 heterocycles. The Morgan fingerprint density at radius 2 is 1.86 bits per heavy atom. The van der Waals surface area contributed by atoms with Crippen molar-refractivity contribution in [3.05, 3.63) is 94.9 Å². The maximum atomic E-state index is 13.5. The van der Waals surface area contributed by atoms with Crippen LogP contribution in [-0.4, -0.2) is 43.0 Å². The fourth-order valence-corrected chi connectivity index (χ4v) is 4.15. The number of benzene rings is 2. The van der Waals surface area contributed by atoms with Crippen molar-refractivity contribution in [3.63, 3.8) is 0 Å². The van der Waals surface area contributed by atoms with Gasteiger partial charge in [-0.25, -0.2) is 14.5 Å². The van der Waals surface area contributed by atoms with Gasteiger partial charge < -0.3 is 19.5 Å².